The zero-order valence-corrected chi connectivity index (χ0v) is 7.80. The van der Waals surface area contributed by atoms with Crippen LogP contribution in [0.1, 0.15) is 0 Å². The molecule has 0 atom stereocenters. The van der Waals surface area contributed by atoms with Gasteiger partial charge in [0.25, 0.3) is 0 Å². The zero-order chi connectivity index (χ0) is 15.0. The normalized spacial score (nSPS) is 14.6. The molecule has 2 nitrogen and oxygen atoms in total. The standard InChI is InChI=1S/C6H2F10O2/c7-3(8,5(12,13)6(14,15)16)1-18-2(17)4(9,10)11/h1H2. The molecule has 0 amide bonds. The minimum Gasteiger partial charge on any atom is -0.452 e. The molecule has 0 aromatic carbocycles. The van der Waals surface area contributed by atoms with E-state index in [1.165, 1.54) is 0 Å². The molecule has 0 aliphatic carbocycles. The first-order chi connectivity index (χ1) is 7.63. The molecule has 12 heteroatoms. The third kappa shape index (κ3) is 3.38. The van der Waals surface area contributed by atoms with Gasteiger partial charge in [0.15, 0.2) is 6.61 Å². The maximum atomic E-state index is 12.3. The molecule has 0 saturated heterocycles. The Labute approximate surface area is 91.5 Å². The predicted molar refractivity (Wildman–Crippen MR) is 33.0 cm³/mol. The van der Waals surface area contributed by atoms with Crippen molar-refractivity contribution in [3.63, 3.8) is 0 Å². The number of carbonyl (C=O) groups excluding carboxylic acids is 1. The summed E-state index contributed by atoms with van der Waals surface area (Å²) in [6, 6.07) is 0. The first-order valence-corrected chi connectivity index (χ1v) is 3.69. The van der Waals surface area contributed by atoms with E-state index < -0.39 is 36.8 Å². The van der Waals surface area contributed by atoms with Gasteiger partial charge in [-0.05, 0) is 0 Å². The Morgan fingerprint density at radius 1 is 0.833 bits per heavy atom. The maximum absolute atomic E-state index is 12.3. The van der Waals surface area contributed by atoms with Gasteiger partial charge in [0.05, 0.1) is 0 Å². The molecule has 0 bridgehead atoms. The van der Waals surface area contributed by atoms with Crippen LogP contribution in [0.3, 0.4) is 0 Å². The largest absolute Gasteiger partial charge is 0.490 e. The van der Waals surface area contributed by atoms with Crippen molar-refractivity contribution in [1.29, 1.82) is 0 Å². The van der Waals surface area contributed by atoms with Crippen molar-refractivity contribution in [3.8, 4) is 0 Å². The SMILES string of the molecule is O=C(OCC(F)(F)C(F)(F)C(F)(F)F)C(F)(F)F. The minimum absolute atomic E-state index is 2.66. The first-order valence-electron chi connectivity index (χ1n) is 3.69. The quantitative estimate of drug-likeness (QED) is 0.591. The van der Waals surface area contributed by atoms with Gasteiger partial charge in [0.1, 0.15) is 0 Å². The Morgan fingerprint density at radius 2 is 1.22 bits per heavy atom. The Hall–Kier alpha value is -1.23. The van der Waals surface area contributed by atoms with Gasteiger partial charge in [-0.15, -0.1) is 0 Å². The minimum atomic E-state index is -6.71. The van der Waals surface area contributed by atoms with Crippen molar-refractivity contribution in [1.82, 2.24) is 0 Å². The topological polar surface area (TPSA) is 26.3 Å². The summed E-state index contributed by atoms with van der Waals surface area (Å²) in [4.78, 5) is 9.88. The molecule has 0 aliphatic heterocycles. The summed E-state index contributed by atoms with van der Waals surface area (Å²) in [6.07, 6.45) is -12.5. The average Bonchev–Trinajstić information content (AvgIpc) is 2.10. The van der Waals surface area contributed by atoms with Gasteiger partial charge in [-0.25, -0.2) is 4.79 Å². The Morgan fingerprint density at radius 3 is 1.50 bits per heavy atom. The number of halogens is 10. The highest BCUT2D eigenvalue weighted by atomic mass is 19.4. The Balaban J connectivity index is 4.84. The molecule has 0 spiro atoms. The third-order valence-electron chi connectivity index (χ3n) is 1.43. The van der Waals surface area contributed by atoms with Crippen LogP contribution in [-0.2, 0) is 9.53 Å². The highest BCUT2D eigenvalue weighted by Crippen LogP contribution is 2.46. The fourth-order valence-electron chi connectivity index (χ4n) is 0.536. The summed E-state index contributed by atoms with van der Waals surface area (Å²) < 4.78 is 120. The lowest BCUT2D eigenvalue weighted by Gasteiger charge is -2.27. The number of hydrogen-bond acceptors (Lipinski definition) is 2. The van der Waals surface area contributed by atoms with Crippen LogP contribution in [-0.4, -0.2) is 36.8 Å². The van der Waals surface area contributed by atoms with Crippen molar-refractivity contribution < 1.29 is 53.4 Å². The second kappa shape index (κ2) is 4.46. The lowest BCUT2D eigenvalue weighted by Crippen LogP contribution is -2.54. The molecule has 18 heavy (non-hydrogen) atoms. The molecule has 0 aromatic heterocycles. The zero-order valence-electron chi connectivity index (χ0n) is 7.80. The van der Waals surface area contributed by atoms with Gasteiger partial charge in [-0.1, -0.05) is 0 Å². The molecule has 0 aliphatic rings. The summed E-state index contributed by atoms with van der Waals surface area (Å²) >= 11 is 0. The lowest BCUT2D eigenvalue weighted by atomic mass is 10.2. The second-order valence-electron chi connectivity index (χ2n) is 2.85. The molecule has 0 saturated carbocycles. The first kappa shape index (κ1) is 16.8. The molecule has 0 aromatic rings. The van der Waals surface area contributed by atoms with E-state index in [9.17, 15) is 48.7 Å². The van der Waals surface area contributed by atoms with Gasteiger partial charge in [-0.3, -0.25) is 0 Å². The monoisotopic (exact) mass is 296 g/mol. The van der Waals surface area contributed by atoms with Crippen molar-refractivity contribution in [2.45, 2.75) is 24.2 Å². The predicted octanol–water partition coefficient (Wildman–Crippen LogP) is 2.92. The smallest absolute Gasteiger partial charge is 0.452 e. The number of ether oxygens (including phenoxy) is 1. The van der Waals surface area contributed by atoms with Gasteiger partial charge in [0.2, 0.25) is 0 Å². The Kier molecular flexibility index (Phi) is 4.16. The van der Waals surface area contributed by atoms with Gasteiger partial charge in [0, 0.05) is 0 Å². The summed E-state index contributed by atoms with van der Waals surface area (Å²) in [7, 11) is 0. The highest BCUT2D eigenvalue weighted by Gasteiger charge is 2.73. The molecular formula is C6H2F10O2. The maximum Gasteiger partial charge on any atom is 0.490 e. The van der Waals surface area contributed by atoms with Crippen molar-refractivity contribution >= 4 is 5.97 Å². The van der Waals surface area contributed by atoms with E-state index in [1.54, 1.807) is 0 Å². The molecule has 0 rings (SSSR count). The second-order valence-corrected chi connectivity index (χ2v) is 2.85. The number of alkyl halides is 10. The van der Waals surface area contributed by atoms with Crippen LogP contribution in [0.5, 0.6) is 0 Å². The molecule has 108 valence electrons. The molecule has 0 radical (unpaired) electrons. The van der Waals surface area contributed by atoms with Crippen LogP contribution in [0.25, 0.3) is 0 Å². The van der Waals surface area contributed by atoms with Crippen LogP contribution in [0.2, 0.25) is 0 Å². The van der Waals surface area contributed by atoms with Gasteiger partial charge in [-0.2, -0.15) is 43.9 Å². The van der Waals surface area contributed by atoms with Crippen LogP contribution < -0.4 is 0 Å². The van der Waals surface area contributed by atoms with Crippen LogP contribution in [0.15, 0.2) is 0 Å². The van der Waals surface area contributed by atoms with Crippen LogP contribution in [0, 0.1) is 0 Å². The number of esters is 1. The van der Waals surface area contributed by atoms with E-state index in [1.807, 2.05) is 0 Å². The van der Waals surface area contributed by atoms with E-state index in [-0.39, 0.29) is 0 Å². The Bertz CT molecular complexity index is 313. The molecule has 0 fully saturated rings. The number of rotatable bonds is 3. The van der Waals surface area contributed by atoms with E-state index in [0.717, 1.165) is 0 Å². The summed E-state index contributed by atoms with van der Waals surface area (Å²) in [5.74, 6) is -16.0. The van der Waals surface area contributed by atoms with Gasteiger partial charge >= 0.3 is 30.2 Å². The van der Waals surface area contributed by atoms with Crippen molar-refractivity contribution in [2.75, 3.05) is 6.61 Å². The fourth-order valence-corrected chi connectivity index (χ4v) is 0.536. The van der Waals surface area contributed by atoms with Crippen molar-refractivity contribution in [3.05, 3.63) is 0 Å². The van der Waals surface area contributed by atoms with E-state index in [0.29, 0.717) is 0 Å². The molecular weight excluding hydrogens is 294 g/mol. The van der Waals surface area contributed by atoms with Crippen molar-refractivity contribution in [2.24, 2.45) is 0 Å². The summed E-state index contributed by atoms with van der Waals surface area (Å²) in [5, 5.41) is 0. The lowest BCUT2D eigenvalue weighted by molar-refractivity contribution is -0.360. The van der Waals surface area contributed by atoms with Crippen LogP contribution >= 0.6 is 0 Å². The fraction of sp³-hybridized carbons (Fsp3) is 0.833. The summed E-state index contributed by atoms with van der Waals surface area (Å²) in [5.41, 5.74) is 0. The van der Waals surface area contributed by atoms with E-state index >= 15 is 0 Å². The van der Waals surface area contributed by atoms with Gasteiger partial charge < -0.3 is 4.74 Å². The highest BCUT2D eigenvalue weighted by molar-refractivity contribution is 5.75. The molecule has 0 heterocycles. The van der Waals surface area contributed by atoms with E-state index in [2.05, 4.69) is 4.74 Å². The van der Waals surface area contributed by atoms with Crippen LogP contribution in [0.4, 0.5) is 43.9 Å². The summed E-state index contributed by atoms with van der Waals surface area (Å²) in [6.45, 7) is -3.06. The third-order valence-corrected chi connectivity index (χ3v) is 1.43. The average molecular weight is 296 g/mol. The molecule has 0 N–H and O–H groups in total. The molecule has 0 unspecified atom stereocenters. The number of hydrogen-bond donors (Lipinski definition) is 0. The van der Waals surface area contributed by atoms with E-state index in [4.69, 9.17) is 0 Å². The number of carbonyl (C=O) groups is 1.